The van der Waals surface area contributed by atoms with Gasteiger partial charge in [-0.3, -0.25) is 9.52 Å². The van der Waals surface area contributed by atoms with Gasteiger partial charge in [0.25, 0.3) is 15.9 Å². The molecule has 0 radical (unpaired) electrons. The highest BCUT2D eigenvalue weighted by Crippen LogP contribution is 2.33. The number of para-hydroxylation sites is 1. The zero-order valence-electron chi connectivity index (χ0n) is 21.0. The van der Waals surface area contributed by atoms with Crippen LogP contribution in [0, 0.1) is 6.92 Å². The Morgan fingerprint density at radius 2 is 1.59 bits per heavy atom. The maximum atomic E-state index is 13.3. The summed E-state index contributed by atoms with van der Waals surface area (Å²) in [6.45, 7) is 4.41. The predicted octanol–water partition coefficient (Wildman–Crippen LogP) is 7.19. The summed E-state index contributed by atoms with van der Waals surface area (Å²) in [7, 11) is -4.09. The fourth-order valence-electron chi connectivity index (χ4n) is 4.66. The molecule has 1 aromatic heterocycles. The monoisotopic (exact) mass is 551 g/mol. The molecule has 1 heterocycles. The van der Waals surface area contributed by atoms with E-state index >= 15 is 0 Å². The van der Waals surface area contributed by atoms with Crippen LogP contribution >= 0.6 is 0 Å². The average molecular weight is 552 g/mol. The maximum absolute atomic E-state index is 13.3. The van der Waals surface area contributed by atoms with Crippen LogP contribution in [0.3, 0.4) is 0 Å². The summed E-state index contributed by atoms with van der Waals surface area (Å²) in [6, 6.07) is 21.5. The number of benzene rings is 4. The van der Waals surface area contributed by atoms with Gasteiger partial charge in [0.1, 0.15) is 0 Å². The van der Waals surface area contributed by atoms with E-state index in [0.29, 0.717) is 11.3 Å². The number of halogens is 3. The van der Waals surface area contributed by atoms with Crippen LogP contribution in [0.2, 0.25) is 0 Å². The molecule has 0 aliphatic carbocycles. The highest BCUT2D eigenvalue weighted by atomic mass is 32.2. The molecule has 10 heteroatoms. The topological polar surface area (TPSA) is 80.2 Å². The molecule has 0 atom stereocenters. The second-order valence-electron chi connectivity index (χ2n) is 9.11. The lowest BCUT2D eigenvalue weighted by molar-refractivity contribution is -0.137. The van der Waals surface area contributed by atoms with E-state index in [1.165, 1.54) is 30.3 Å². The lowest BCUT2D eigenvalue weighted by Gasteiger charge is -2.13. The first-order valence-electron chi connectivity index (χ1n) is 12.1. The van der Waals surface area contributed by atoms with Crippen molar-refractivity contribution in [1.29, 1.82) is 0 Å². The number of sulfonamides is 1. The Morgan fingerprint density at radius 3 is 2.33 bits per heavy atom. The molecular weight excluding hydrogens is 527 g/mol. The number of nitrogens with one attached hydrogen (secondary N) is 2. The Balaban J connectivity index is 1.44. The number of amides is 1. The van der Waals surface area contributed by atoms with E-state index in [0.717, 1.165) is 40.5 Å². The smallest absolute Gasteiger partial charge is 0.341 e. The SMILES string of the molecule is CCn1c2ccccc2c2cc(NS(=O)(=O)c3ccc(C)c(C(=O)Nc4cccc(C(F)(F)F)c4)c3)ccc21. The predicted molar refractivity (Wildman–Crippen MR) is 147 cm³/mol. The molecule has 0 aliphatic heterocycles. The Hall–Kier alpha value is -4.31. The number of aromatic nitrogens is 1. The van der Waals surface area contributed by atoms with Gasteiger partial charge in [0, 0.05) is 45.3 Å². The number of hydrogen-bond acceptors (Lipinski definition) is 3. The number of anilines is 2. The fraction of sp³-hybridized carbons (Fsp3) is 0.138. The van der Waals surface area contributed by atoms with Gasteiger partial charge in [-0.25, -0.2) is 8.42 Å². The second kappa shape index (κ2) is 9.77. The molecule has 0 unspecified atom stereocenters. The molecule has 39 heavy (non-hydrogen) atoms. The van der Waals surface area contributed by atoms with Gasteiger partial charge in [0.15, 0.2) is 0 Å². The van der Waals surface area contributed by atoms with Gasteiger partial charge in [-0.2, -0.15) is 13.2 Å². The normalized spacial score (nSPS) is 12.1. The van der Waals surface area contributed by atoms with Crippen LogP contribution in [-0.4, -0.2) is 18.9 Å². The van der Waals surface area contributed by atoms with Gasteiger partial charge in [-0.15, -0.1) is 0 Å². The Bertz CT molecular complexity index is 1840. The lowest BCUT2D eigenvalue weighted by Crippen LogP contribution is -2.17. The molecule has 4 aromatic carbocycles. The number of fused-ring (bicyclic) bond motifs is 3. The minimum absolute atomic E-state index is 0.0248. The van der Waals surface area contributed by atoms with Crippen LogP contribution in [0.1, 0.15) is 28.4 Å². The molecule has 6 nitrogen and oxygen atoms in total. The van der Waals surface area contributed by atoms with Crippen LogP contribution in [0.15, 0.2) is 89.8 Å². The van der Waals surface area contributed by atoms with Crippen LogP contribution < -0.4 is 10.0 Å². The fourth-order valence-corrected chi connectivity index (χ4v) is 5.73. The van der Waals surface area contributed by atoms with Gasteiger partial charge in [0.05, 0.1) is 10.5 Å². The molecule has 0 spiro atoms. The molecule has 5 rings (SSSR count). The first kappa shape index (κ1) is 26.3. The summed E-state index contributed by atoms with van der Waals surface area (Å²) in [5.41, 5.74) is 1.91. The molecule has 0 bridgehead atoms. The van der Waals surface area contributed by atoms with Gasteiger partial charge < -0.3 is 9.88 Å². The zero-order valence-corrected chi connectivity index (χ0v) is 21.8. The quantitative estimate of drug-likeness (QED) is 0.234. The van der Waals surface area contributed by atoms with Crippen molar-refractivity contribution < 1.29 is 26.4 Å². The van der Waals surface area contributed by atoms with E-state index in [-0.39, 0.29) is 16.1 Å². The van der Waals surface area contributed by atoms with Crippen molar-refractivity contribution in [2.75, 3.05) is 10.0 Å². The minimum atomic E-state index is -4.56. The van der Waals surface area contributed by atoms with Crippen LogP contribution in [0.25, 0.3) is 21.8 Å². The van der Waals surface area contributed by atoms with E-state index in [1.54, 1.807) is 19.1 Å². The molecule has 1 amide bonds. The third kappa shape index (κ3) is 5.07. The first-order valence-corrected chi connectivity index (χ1v) is 13.6. The summed E-state index contributed by atoms with van der Waals surface area (Å²) in [5.74, 6) is -0.724. The molecular formula is C29H24F3N3O3S. The van der Waals surface area contributed by atoms with Crippen molar-refractivity contribution in [1.82, 2.24) is 4.57 Å². The maximum Gasteiger partial charge on any atom is 0.416 e. The Labute approximate surface area is 223 Å². The van der Waals surface area contributed by atoms with E-state index in [1.807, 2.05) is 37.3 Å². The van der Waals surface area contributed by atoms with Crippen molar-refractivity contribution in [3.05, 3.63) is 102 Å². The van der Waals surface area contributed by atoms with E-state index in [4.69, 9.17) is 0 Å². The molecule has 0 saturated heterocycles. The molecule has 0 fully saturated rings. The Kier molecular flexibility index (Phi) is 6.59. The molecule has 200 valence electrons. The highest BCUT2D eigenvalue weighted by Gasteiger charge is 2.30. The van der Waals surface area contributed by atoms with Crippen molar-refractivity contribution in [2.45, 2.75) is 31.5 Å². The first-order chi connectivity index (χ1) is 18.5. The summed E-state index contributed by atoms with van der Waals surface area (Å²) < 4.78 is 70.5. The van der Waals surface area contributed by atoms with Gasteiger partial charge >= 0.3 is 6.18 Å². The summed E-state index contributed by atoms with van der Waals surface area (Å²) in [6.07, 6.45) is -4.56. The van der Waals surface area contributed by atoms with Crippen LogP contribution in [0.4, 0.5) is 24.5 Å². The summed E-state index contributed by atoms with van der Waals surface area (Å²) >= 11 is 0. The summed E-state index contributed by atoms with van der Waals surface area (Å²) in [5, 5.41) is 4.33. The number of aryl methyl sites for hydroxylation is 2. The van der Waals surface area contributed by atoms with Crippen molar-refractivity contribution in [3.8, 4) is 0 Å². The highest BCUT2D eigenvalue weighted by molar-refractivity contribution is 7.92. The summed E-state index contributed by atoms with van der Waals surface area (Å²) in [4.78, 5) is 12.8. The third-order valence-electron chi connectivity index (χ3n) is 6.55. The van der Waals surface area contributed by atoms with Crippen molar-refractivity contribution in [2.24, 2.45) is 0 Å². The standard InChI is InChI=1S/C29H24F3N3O3S/c1-3-35-26-10-5-4-9-23(26)25-16-21(12-14-27(25)35)34-39(37,38)22-13-11-18(2)24(17-22)28(36)33-20-8-6-7-19(15-20)29(30,31)32/h4-17,34H,3H2,1-2H3,(H,33,36). The molecule has 0 aliphatic rings. The number of carbonyl (C=O) groups excluding carboxylic acids is 1. The minimum Gasteiger partial charge on any atom is -0.341 e. The van der Waals surface area contributed by atoms with E-state index < -0.39 is 27.7 Å². The number of hydrogen-bond donors (Lipinski definition) is 2. The van der Waals surface area contributed by atoms with E-state index in [9.17, 15) is 26.4 Å². The lowest BCUT2D eigenvalue weighted by atomic mass is 10.1. The van der Waals surface area contributed by atoms with E-state index in [2.05, 4.69) is 14.6 Å². The van der Waals surface area contributed by atoms with Gasteiger partial charge in [-0.1, -0.05) is 30.3 Å². The molecule has 2 N–H and O–H groups in total. The zero-order chi connectivity index (χ0) is 27.9. The van der Waals surface area contributed by atoms with Gasteiger partial charge in [0.2, 0.25) is 0 Å². The van der Waals surface area contributed by atoms with Crippen LogP contribution in [-0.2, 0) is 22.7 Å². The Morgan fingerprint density at radius 1 is 0.846 bits per heavy atom. The number of alkyl halides is 3. The average Bonchev–Trinajstić information content (AvgIpc) is 3.21. The van der Waals surface area contributed by atoms with Crippen LogP contribution in [0.5, 0.6) is 0 Å². The van der Waals surface area contributed by atoms with Crippen molar-refractivity contribution in [3.63, 3.8) is 0 Å². The van der Waals surface area contributed by atoms with Gasteiger partial charge in [-0.05, 0) is 74.0 Å². The second-order valence-corrected chi connectivity index (χ2v) is 10.8. The molecule has 0 saturated carbocycles. The number of carbonyl (C=O) groups is 1. The number of nitrogens with zero attached hydrogens (tertiary/aromatic N) is 1. The largest absolute Gasteiger partial charge is 0.416 e. The third-order valence-corrected chi connectivity index (χ3v) is 7.93. The number of rotatable bonds is 6. The molecule has 5 aromatic rings. The van der Waals surface area contributed by atoms with Crippen molar-refractivity contribution >= 4 is 49.1 Å².